The number of aryl methyl sites for hydroxylation is 1. The Balaban J connectivity index is 1.41. The normalized spacial score (nSPS) is 22.7. The molecule has 3 aliphatic rings. The summed E-state index contributed by atoms with van der Waals surface area (Å²) in [4.78, 5) is 38.6. The van der Waals surface area contributed by atoms with Crippen molar-refractivity contribution >= 4 is 23.6 Å². The van der Waals surface area contributed by atoms with E-state index >= 15 is 0 Å². The van der Waals surface area contributed by atoms with Gasteiger partial charge >= 0.3 is 6.03 Å². The second-order valence-corrected chi connectivity index (χ2v) is 8.47. The van der Waals surface area contributed by atoms with E-state index in [1.165, 1.54) is 16.0 Å². The van der Waals surface area contributed by atoms with Crippen molar-refractivity contribution in [2.75, 3.05) is 31.6 Å². The van der Waals surface area contributed by atoms with E-state index in [2.05, 4.69) is 41.8 Å². The molecule has 0 N–H and O–H groups in total. The number of carbonyl (C=O) groups is 2. The van der Waals surface area contributed by atoms with Crippen LogP contribution in [0.25, 0.3) is 0 Å². The molecule has 3 aliphatic heterocycles. The number of aliphatic imine (C=N–C) groups is 1. The highest BCUT2D eigenvalue weighted by Crippen LogP contribution is 2.34. The molecule has 2 aromatic carbocycles. The number of carbonyl (C=O) groups excluding carboxylic acids is 2. The Morgan fingerprint density at radius 3 is 2.55 bits per heavy atom. The Labute approximate surface area is 182 Å². The van der Waals surface area contributed by atoms with Crippen LogP contribution >= 0.6 is 0 Å². The van der Waals surface area contributed by atoms with Crippen LogP contribution in [-0.2, 0) is 11.2 Å². The predicted octanol–water partition coefficient (Wildman–Crippen LogP) is 2.63. The third kappa shape index (κ3) is 3.07. The van der Waals surface area contributed by atoms with Crippen molar-refractivity contribution in [3.63, 3.8) is 0 Å². The number of imide groups is 1. The molecule has 0 saturated carbocycles. The standard InChI is InChI=1S/C24H27N5O2/c1-16-8-7-11-19(17(16)2)27-14-15-28-20-21(25-23(27)28)26(3)24(31)29(22(20)30)13-12-18-9-5-4-6-10-18/h4-11,20-21H,12-15H2,1-3H3. The third-order valence-corrected chi connectivity index (χ3v) is 6.71. The molecule has 31 heavy (non-hydrogen) atoms. The molecule has 7 nitrogen and oxygen atoms in total. The van der Waals surface area contributed by atoms with Crippen molar-refractivity contribution in [1.29, 1.82) is 0 Å². The number of likely N-dealkylation sites (N-methyl/N-ethyl adjacent to an activating group) is 1. The van der Waals surface area contributed by atoms with E-state index in [0.29, 0.717) is 19.5 Å². The lowest BCUT2D eigenvalue weighted by Crippen LogP contribution is -2.65. The Bertz CT molecular complexity index is 1070. The predicted molar refractivity (Wildman–Crippen MR) is 120 cm³/mol. The zero-order valence-corrected chi connectivity index (χ0v) is 18.2. The molecular weight excluding hydrogens is 390 g/mol. The summed E-state index contributed by atoms with van der Waals surface area (Å²) in [6, 6.07) is 15.5. The van der Waals surface area contributed by atoms with E-state index in [0.717, 1.165) is 23.8 Å². The number of anilines is 1. The minimum Gasteiger partial charge on any atom is -0.325 e. The number of hydrogen-bond donors (Lipinski definition) is 0. The maximum Gasteiger partial charge on any atom is 0.328 e. The van der Waals surface area contributed by atoms with Gasteiger partial charge in [0, 0.05) is 32.4 Å². The Hall–Kier alpha value is -3.35. The van der Waals surface area contributed by atoms with Crippen molar-refractivity contribution in [3.8, 4) is 0 Å². The fourth-order valence-corrected chi connectivity index (χ4v) is 4.78. The van der Waals surface area contributed by atoms with Gasteiger partial charge in [0.25, 0.3) is 5.91 Å². The minimum atomic E-state index is -0.476. The SMILES string of the molecule is Cc1cccc(N2CCN3C2=NC2C3C(=O)N(CCc3ccccc3)C(=O)N2C)c1C. The molecule has 2 aromatic rings. The van der Waals surface area contributed by atoms with Crippen LogP contribution in [-0.4, -0.2) is 71.5 Å². The molecular formula is C24H27N5O2. The van der Waals surface area contributed by atoms with Gasteiger partial charge < -0.3 is 14.7 Å². The van der Waals surface area contributed by atoms with Crippen molar-refractivity contribution in [1.82, 2.24) is 14.7 Å². The molecule has 7 heteroatoms. The van der Waals surface area contributed by atoms with Crippen LogP contribution < -0.4 is 4.90 Å². The molecule has 0 aliphatic carbocycles. The average Bonchev–Trinajstić information content (AvgIpc) is 3.34. The molecule has 0 spiro atoms. The number of hydrogen-bond acceptors (Lipinski definition) is 5. The Kier molecular flexibility index (Phi) is 4.68. The van der Waals surface area contributed by atoms with E-state index in [4.69, 9.17) is 4.99 Å². The van der Waals surface area contributed by atoms with Crippen LogP contribution in [0.1, 0.15) is 16.7 Å². The first-order valence-electron chi connectivity index (χ1n) is 10.8. The van der Waals surface area contributed by atoms with Crippen LogP contribution in [0.3, 0.4) is 0 Å². The number of amides is 3. The number of guanidine groups is 1. The van der Waals surface area contributed by atoms with Gasteiger partial charge in [0.1, 0.15) is 0 Å². The first-order valence-corrected chi connectivity index (χ1v) is 10.8. The van der Waals surface area contributed by atoms with Crippen LogP contribution in [0.2, 0.25) is 0 Å². The monoisotopic (exact) mass is 417 g/mol. The first-order chi connectivity index (χ1) is 15.0. The number of benzene rings is 2. The Morgan fingerprint density at radius 2 is 1.77 bits per heavy atom. The molecule has 160 valence electrons. The molecule has 0 bridgehead atoms. The molecule has 3 heterocycles. The highest BCUT2D eigenvalue weighted by atomic mass is 16.2. The summed E-state index contributed by atoms with van der Waals surface area (Å²) in [5.41, 5.74) is 4.66. The van der Waals surface area contributed by atoms with E-state index in [-0.39, 0.29) is 11.9 Å². The minimum absolute atomic E-state index is 0.148. The van der Waals surface area contributed by atoms with Crippen LogP contribution in [0.15, 0.2) is 53.5 Å². The lowest BCUT2D eigenvalue weighted by atomic mass is 10.1. The summed E-state index contributed by atoms with van der Waals surface area (Å²) in [6.45, 7) is 6.08. The Morgan fingerprint density at radius 1 is 1.00 bits per heavy atom. The van der Waals surface area contributed by atoms with Crippen LogP contribution in [0, 0.1) is 13.8 Å². The second kappa shape index (κ2) is 7.41. The van der Waals surface area contributed by atoms with Gasteiger partial charge in [0.15, 0.2) is 12.2 Å². The quantitative estimate of drug-likeness (QED) is 0.767. The topological polar surface area (TPSA) is 59.5 Å². The first kappa shape index (κ1) is 19.6. The molecule has 2 atom stereocenters. The van der Waals surface area contributed by atoms with Gasteiger partial charge in [0.05, 0.1) is 0 Å². The van der Waals surface area contributed by atoms with Crippen molar-refractivity contribution in [3.05, 3.63) is 65.2 Å². The summed E-state index contributed by atoms with van der Waals surface area (Å²) in [5.74, 6) is 0.646. The van der Waals surface area contributed by atoms with Gasteiger partial charge in [0.2, 0.25) is 5.96 Å². The second-order valence-electron chi connectivity index (χ2n) is 8.47. The van der Waals surface area contributed by atoms with Crippen molar-refractivity contribution < 1.29 is 9.59 Å². The van der Waals surface area contributed by atoms with Gasteiger partial charge in [-0.25, -0.2) is 9.79 Å². The van der Waals surface area contributed by atoms with Gasteiger partial charge in [-0.3, -0.25) is 9.69 Å². The third-order valence-electron chi connectivity index (χ3n) is 6.71. The molecule has 2 unspecified atom stereocenters. The molecule has 5 rings (SSSR count). The molecule has 3 amide bonds. The fraction of sp³-hybridized carbons (Fsp3) is 0.375. The number of fused-ring (bicyclic) bond motifs is 3. The molecule has 2 fully saturated rings. The van der Waals surface area contributed by atoms with Gasteiger partial charge in [-0.1, -0.05) is 42.5 Å². The maximum atomic E-state index is 13.4. The summed E-state index contributed by atoms with van der Waals surface area (Å²) >= 11 is 0. The zero-order valence-electron chi connectivity index (χ0n) is 18.2. The molecule has 0 radical (unpaired) electrons. The van der Waals surface area contributed by atoms with Gasteiger partial charge in [-0.2, -0.15) is 0 Å². The average molecular weight is 418 g/mol. The molecule has 2 saturated heterocycles. The van der Waals surface area contributed by atoms with E-state index in [1.54, 1.807) is 11.9 Å². The fourth-order valence-electron chi connectivity index (χ4n) is 4.78. The number of rotatable bonds is 4. The number of nitrogens with zero attached hydrogens (tertiary/aromatic N) is 5. The highest BCUT2D eigenvalue weighted by Gasteiger charge is 2.54. The van der Waals surface area contributed by atoms with Gasteiger partial charge in [-0.05, 0) is 43.0 Å². The molecule has 0 aromatic heterocycles. The summed E-state index contributed by atoms with van der Waals surface area (Å²) in [7, 11) is 1.75. The van der Waals surface area contributed by atoms with E-state index in [1.807, 2.05) is 30.3 Å². The number of urea groups is 1. The van der Waals surface area contributed by atoms with E-state index in [9.17, 15) is 9.59 Å². The van der Waals surface area contributed by atoms with Crippen molar-refractivity contribution in [2.24, 2.45) is 4.99 Å². The largest absolute Gasteiger partial charge is 0.328 e. The highest BCUT2D eigenvalue weighted by molar-refractivity contribution is 6.08. The summed E-state index contributed by atoms with van der Waals surface area (Å²) < 4.78 is 0. The summed E-state index contributed by atoms with van der Waals surface area (Å²) in [6.07, 6.45) is 0.169. The van der Waals surface area contributed by atoms with E-state index < -0.39 is 12.2 Å². The lowest BCUT2D eigenvalue weighted by Gasteiger charge is -2.40. The maximum absolute atomic E-state index is 13.4. The van der Waals surface area contributed by atoms with Crippen molar-refractivity contribution in [2.45, 2.75) is 32.5 Å². The zero-order chi connectivity index (χ0) is 21.7. The smallest absolute Gasteiger partial charge is 0.325 e. The van der Waals surface area contributed by atoms with Gasteiger partial charge in [-0.15, -0.1) is 0 Å². The van der Waals surface area contributed by atoms with Crippen LogP contribution in [0.4, 0.5) is 10.5 Å². The lowest BCUT2D eigenvalue weighted by molar-refractivity contribution is -0.137. The van der Waals surface area contributed by atoms with Crippen LogP contribution in [0.5, 0.6) is 0 Å². The summed E-state index contributed by atoms with van der Waals surface area (Å²) in [5, 5.41) is 0.